The summed E-state index contributed by atoms with van der Waals surface area (Å²) in [4.78, 5) is 27.4. The Balaban J connectivity index is 1.68. The fourth-order valence-electron chi connectivity index (χ4n) is 2.76. The summed E-state index contributed by atoms with van der Waals surface area (Å²) in [5, 5.41) is 3.08. The van der Waals surface area contributed by atoms with E-state index in [9.17, 15) is 9.59 Å². The Kier molecular flexibility index (Phi) is 3.00. The van der Waals surface area contributed by atoms with Gasteiger partial charge in [-0.05, 0) is 32.1 Å². The summed E-state index contributed by atoms with van der Waals surface area (Å²) in [7, 11) is 0. The number of primary amides is 1. The number of carbonyl (C=O) groups excluding carboxylic acids is 2. The predicted molar refractivity (Wildman–Crippen MR) is 68.3 cm³/mol. The third-order valence-corrected chi connectivity index (χ3v) is 4.15. The molecule has 102 valence electrons. The highest BCUT2D eigenvalue weighted by atomic mass is 16.2. The smallest absolute Gasteiger partial charge is 0.269 e. The minimum atomic E-state index is -0.494. The van der Waals surface area contributed by atoms with Crippen molar-refractivity contribution in [2.24, 2.45) is 11.7 Å². The summed E-state index contributed by atoms with van der Waals surface area (Å²) >= 11 is 0. The van der Waals surface area contributed by atoms with Gasteiger partial charge in [0.2, 0.25) is 5.91 Å². The first kappa shape index (κ1) is 12.2. The lowest BCUT2D eigenvalue weighted by atomic mass is 9.91. The monoisotopic (exact) mass is 262 g/mol. The van der Waals surface area contributed by atoms with Gasteiger partial charge in [-0.2, -0.15) is 0 Å². The molecule has 1 atom stereocenters. The van der Waals surface area contributed by atoms with Crippen molar-refractivity contribution >= 4 is 11.8 Å². The minimum Gasteiger partial charge on any atom is -0.364 e. The summed E-state index contributed by atoms with van der Waals surface area (Å²) in [6.07, 6.45) is 6.45. The largest absolute Gasteiger partial charge is 0.364 e. The number of amides is 2. The number of nitrogens with zero attached hydrogens (tertiary/aromatic N) is 2. The molecule has 6 nitrogen and oxygen atoms in total. The standard InChI is InChI=1S/C13H18N4O2/c14-12(18)11-10-5-4-8(6-17(10)7-15-11)13(19)16-9-2-1-3-9/h7-9H,1-6H2,(H2,14,18)(H,16,19). The van der Waals surface area contributed by atoms with E-state index in [1.54, 1.807) is 6.33 Å². The zero-order valence-electron chi connectivity index (χ0n) is 10.8. The van der Waals surface area contributed by atoms with Gasteiger partial charge in [0.1, 0.15) is 5.69 Å². The Morgan fingerprint density at radius 3 is 2.79 bits per heavy atom. The Hall–Kier alpha value is -1.85. The minimum absolute atomic E-state index is 0.0250. The van der Waals surface area contributed by atoms with Crippen molar-refractivity contribution in [1.29, 1.82) is 0 Å². The summed E-state index contributed by atoms with van der Waals surface area (Å²) in [6, 6.07) is 0.373. The van der Waals surface area contributed by atoms with Crippen LogP contribution < -0.4 is 11.1 Å². The molecular weight excluding hydrogens is 244 g/mol. The number of fused-ring (bicyclic) bond motifs is 1. The first-order valence-corrected chi connectivity index (χ1v) is 6.79. The van der Waals surface area contributed by atoms with E-state index >= 15 is 0 Å². The molecule has 0 saturated heterocycles. The normalized spacial score (nSPS) is 22.4. The SMILES string of the molecule is NC(=O)c1ncn2c1CCC(C(=O)NC1CCC1)C2. The summed E-state index contributed by atoms with van der Waals surface area (Å²) in [5.74, 6) is -0.390. The van der Waals surface area contributed by atoms with Crippen LogP contribution in [0.5, 0.6) is 0 Å². The van der Waals surface area contributed by atoms with Crippen LogP contribution in [0.4, 0.5) is 0 Å². The Morgan fingerprint density at radius 2 is 2.16 bits per heavy atom. The third-order valence-electron chi connectivity index (χ3n) is 4.15. The van der Waals surface area contributed by atoms with Crippen molar-refractivity contribution in [3.63, 3.8) is 0 Å². The second-order valence-corrected chi connectivity index (χ2v) is 5.43. The number of hydrogen-bond donors (Lipinski definition) is 2. The molecule has 3 rings (SSSR count). The Labute approximate surface area is 111 Å². The molecule has 0 radical (unpaired) electrons. The third kappa shape index (κ3) is 2.22. The maximum atomic E-state index is 12.1. The van der Waals surface area contributed by atoms with Gasteiger partial charge in [-0.25, -0.2) is 4.98 Å². The Morgan fingerprint density at radius 1 is 1.37 bits per heavy atom. The van der Waals surface area contributed by atoms with Gasteiger partial charge in [-0.3, -0.25) is 9.59 Å². The fraction of sp³-hybridized carbons (Fsp3) is 0.615. The Bertz CT molecular complexity index is 519. The zero-order valence-corrected chi connectivity index (χ0v) is 10.8. The number of rotatable bonds is 3. The van der Waals surface area contributed by atoms with E-state index in [1.807, 2.05) is 4.57 Å². The van der Waals surface area contributed by atoms with Crippen LogP contribution in [0.3, 0.4) is 0 Å². The van der Waals surface area contributed by atoms with Crippen molar-refractivity contribution in [3.05, 3.63) is 17.7 Å². The van der Waals surface area contributed by atoms with Gasteiger partial charge in [0.25, 0.3) is 5.91 Å². The van der Waals surface area contributed by atoms with Crippen molar-refractivity contribution in [2.45, 2.75) is 44.7 Å². The highest BCUT2D eigenvalue weighted by Crippen LogP contribution is 2.24. The molecule has 2 aliphatic rings. The molecule has 1 saturated carbocycles. The molecule has 0 spiro atoms. The van der Waals surface area contributed by atoms with Crippen LogP contribution >= 0.6 is 0 Å². The molecule has 0 aromatic carbocycles. The van der Waals surface area contributed by atoms with E-state index in [0.29, 0.717) is 24.7 Å². The topological polar surface area (TPSA) is 90.0 Å². The van der Waals surface area contributed by atoms with Gasteiger partial charge < -0.3 is 15.6 Å². The van der Waals surface area contributed by atoms with E-state index < -0.39 is 5.91 Å². The quantitative estimate of drug-likeness (QED) is 0.816. The van der Waals surface area contributed by atoms with Crippen molar-refractivity contribution in [3.8, 4) is 0 Å². The van der Waals surface area contributed by atoms with E-state index in [-0.39, 0.29) is 11.8 Å². The van der Waals surface area contributed by atoms with Crippen molar-refractivity contribution in [2.75, 3.05) is 0 Å². The number of carbonyl (C=O) groups is 2. The molecule has 1 aromatic rings. The molecule has 1 unspecified atom stereocenters. The number of imidazole rings is 1. The van der Waals surface area contributed by atoms with Crippen LogP contribution in [0, 0.1) is 5.92 Å². The molecule has 3 N–H and O–H groups in total. The number of aromatic nitrogens is 2. The molecule has 6 heteroatoms. The lowest BCUT2D eigenvalue weighted by Gasteiger charge is -2.30. The molecule has 1 fully saturated rings. The second-order valence-electron chi connectivity index (χ2n) is 5.43. The van der Waals surface area contributed by atoms with Gasteiger partial charge in [0.15, 0.2) is 0 Å². The summed E-state index contributed by atoms with van der Waals surface area (Å²) < 4.78 is 1.88. The van der Waals surface area contributed by atoms with Crippen molar-refractivity contribution in [1.82, 2.24) is 14.9 Å². The predicted octanol–water partition coefficient (Wildman–Crippen LogP) is 0.213. The average molecular weight is 262 g/mol. The lowest BCUT2D eigenvalue weighted by molar-refractivity contribution is -0.127. The molecular formula is C13H18N4O2. The molecule has 19 heavy (non-hydrogen) atoms. The van der Waals surface area contributed by atoms with Crippen LogP contribution in [0.2, 0.25) is 0 Å². The van der Waals surface area contributed by atoms with Crippen LogP contribution in [0.25, 0.3) is 0 Å². The maximum Gasteiger partial charge on any atom is 0.269 e. The first-order chi connectivity index (χ1) is 9.15. The van der Waals surface area contributed by atoms with Crippen molar-refractivity contribution < 1.29 is 9.59 Å². The van der Waals surface area contributed by atoms with Crippen LogP contribution in [0.15, 0.2) is 6.33 Å². The van der Waals surface area contributed by atoms with Gasteiger partial charge in [0.05, 0.1) is 17.9 Å². The fourth-order valence-corrected chi connectivity index (χ4v) is 2.76. The molecule has 2 heterocycles. The number of nitrogens with one attached hydrogen (secondary N) is 1. The molecule has 1 aliphatic carbocycles. The van der Waals surface area contributed by atoms with Gasteiger partial charge in [-0.15, -0.1) is 0 Å². The van der Waals surface area contributed by atoms with Crippen LogP contribution in [-0.4, -0.2) is 27.4 Å². The second kappa shape index (κ2) is 4.68. The van der Waals surface area contributed by atoms with E-state index in [1.165, 1.54) is 6.42 Å². The molecule has 1 aromatic heterocycles. The van der Waals surface area contributed by atoms with E-state index in [0.717, 1.165) is 25.0 Å². The lowest BCUT2D eigenvalue weighted by Crippen LogP contribution is -2.44. The number of nitrogens with two attached hydrogens (primary N) is 1. The molecule has 0 bridgehead atoms. The van der Waals surface area contributed by atoms with Gasteiger partial charge in [-0.1, -0.05) is 0 Å². The highest BCUT2D eigenvalue weighted by Gasteiger charge is 2.30. The van der Waals surface area contributed by atoms with E-state index in [2.05, 4.69) is 10.3 Å². The molecule has 2 amide bonds. The first-order valence-electron chi connectivity index (χ1n) is 6.79. The van der Waals surface area contributed by atoms with Gasteiger partial charge >= 0.3 is 0 Å². The van der Waals surface area contributed by atoms with Crippen LogP contribution in [0.1, 0.15) is 41.9 Å². The maximum absolute atomic E-state index is 12.1. The van der Waals surface area contributed by atoms with Gasteiger partial charge in [0, 0.05) is 12.6 Å². The number of hydrogen-bond acceptors (Lipinski definition) is 3. The summed E-state index contributed by atoms with van der Waals surface area (Å²) in [5.41, 5.74) is 6.48. The van der Waals surface area contributed by atoms with Crippen LogP contribution in [-0.2, 0) is 17.8 Å². The molecule has 1 aliphatic heterocycles. The van der Waals surface area contributed by atoms with E-state index in [4.69, 9.17) is 5.73 Å². The zero-order chi connectivity index (χ0) is 13.4. The summed E-state index contributed by atoms with van der Waals surface area (Å²) in [6.45, 7) is 0.591. The average Bonchev–Trinajstić information content (AvgIpc) is 2.76. The highest BCUT2D eigenvalue weighted by molar-refractivity contribution is 5.92.